The summed E-state index contributed by atoms with van der Waals surface area (Å²) >= 11 is 0. The summed E-state index contributed by atoms with van der Waals surface area (Å²) in [6.07, 6.45) is 5.81. The number of amides is 2. The molecule has 6 rings (SSSR count). The molecular weight excluding hydrogens is 488 g/mol. The van der Waals surface area contributed by atoms with Crippen LogP contribution in [0.25, 0.3) is 0 Å². The van der Waals surface area contributed by atoms with Crippen molar-refractivity contribution in [2.75, 3.05) is 59.2 Å². The Kier molecular flexibility index (Phi) is 7.96. The molecule has 2 amide bonds. The van der Waals surface area contributed by atoms with Gasteiger partial charge in [-0.05, 0) is 62.3 Å². The minimum Gasteiger partial charge on any atom is -0.477 e. The largest absolute Gasteiger partial charge is 0.477 e. The molecule has 38 heavy (non-hydrogen) atoms. The van der Waals surface area contributed by atoms with Crippen LogP contribution < -0.4 is 21.1 Å². The van der Waals surface area contributed by atoms with Crippen molar-refractivity contribution in [3.63, 3.8) is 0 Å². The Labute approximate surface area is 223 Å². The van der Waals surface area contributed by atoms with Crippen LogP contribution >= 0.6 is 0 Å². The number of pyridine rings is 1. The molecule has 1 unspecified atom stereocenters. The molecule has 4 saturated heterocycles. The van der Waals surface area contributed by atoms with Gasteiger partial charge in [0, 0.05) is 69.2 Å². The average Bonchev–Trinajstić information content (AvgIpc) is 3.59. The maximum absolute atomic E-state index is 13.6. The Morgan fingerprint density at radius 2 is 1.74 bits per heavy atom. The summed E-state index contributed by atoms with van der Waals surface area (Å²) in [5, 5.41) is 0. The number of hydrogen-bond donors (Lipinski definition) is 3. The van der Waals surface area contributed by atoms with Crippen molar-refractivity contribution < 1.29 is 23.8 Å². The lowest BCUT2D eigenvalue weighted by molar-refractivity contribution is 0.0490. The zero-order valence-electron chi connectivity index (χ0n) is 22.0. The summed E-state index contributed by atoms with van der Waals surface area (Å²) in [6.45, 7) is 6.05. The van der Waals surface area contributed by atoms with Gasteiger partial charge in [0.15, 0.2) is 0 Å². The third-order valence-electron chi connectivity index (χ3n) is 8.65. The Balaban J connectivity index is 1.04. The molecule has 0 aromatic carbocycles. The van der Waals surface area contributed by atoms with Crippen molar-refractivity contribution in [2.45, 2.75) is 50.5 Å². The van der Waals surface area contributed by atoms with Crippen LogP contribution in [0.15, 0.2) is 12.1 Å². The van der Waals surface area contributed by atoms with E-state index in [1.165, 1.54) is 0 Å². The van der Waals surface area contributed by atoms with Gasteiger partial charge in [-0.25, -0.2) is 20.6 Å². The summed E-state index contributed by atoms with van der Waals surface area (Å²) in [7, 11) is 0. The van der Waals surface area contributed by atoms with Crippen molar-refractivity contribution >= 4 is 12.0 Å². The molecule has 11 heteroatoms. The Hall–Kier alpha value is -2.47. The van der Waals surface area contributed by atoms with E-state index in [9.17, 15) is 9.59 Å². The van der Waals surface area contributed by atoms with E-state index in [1.54, 1.807) is 0 Å². The third kappa shape index (κ3) is 6.22. The van der Waals surface area contributed by atoms with Gasteiger partial charge in [-0.3, -0.25) is 4.79 Å². The molecule has 1 aromatic rings. The standard InChI is InChI=1S/C27H40N6O5/c34-26(22-11-24(19-1-2-19)29-25(12-22)37-16-18-5-9-36-10-6-18)32-7-3-20-14-33(15-21(20)4-8-32)27(35)38-17-23-13-28-31-30-23/h11-12,18-21,23,28,30-31H,1-10,13-17H2/t20-,21+,23?. The summed E-state index contributed by atoms with van der Waals surface area (Å²) in [5.41, 5.74) is 10.5. The minimum atomic E-state index is -0.239. The number of hydrazine groups is 2. The molecule has 11 nitrogen and oxygen atoms in total. The molecule has 0 bridgehead atoms. The Morgan fingerprint density at radius 1 is 0.974 bits per heavy atom. The van der Waals surface area contributed by atoms with Gasteiger partial charge >= 0.3 is 6.09 Å². The maximum Gasteiger partial charge on any atom is 0.409 e. The fourth-order valence-electron chi connectivity index (χ4n) is 6.05. The monoisotopic (exact) mass is 528 g/mol. The van der Waals surface area contributed by atoms with Crippen molar-refractivity contribution in [3.8, 4) is 5.88 Å². The number of fused-ring (bicyclic) bond motifs is 1. The van der Waals surface area contributed by atoms with Gasteiger partial charge < -0.3 is 24.0 Å². The van der Waals surface area contributed by atoms with Crippen molar-refractivity contribution in [2.24, 2.45) is 17.8 Å². The van der Waals surface area contributed by atoms with Crippen LogP contribution in [0, 0.1) is 17.8 Å². The van der Waals surface area contributed by atoms with Crippen LogP contribution in [-0.4, -0.2) is 92.0 Å². The van der Waals surface area contributed by atoms with E-state index in [0.29, 0.717) is 81.1 Å². The first kappa shape index (κ1) is 25.8. The Bertz CT molecular complexity index is 978. The smallest absolute Gasteiger partial charge is 0.409 e. The highest BCUT2D eigenvalue weighted by atomic mass is 16.6. The molecule has 0 radical (unpaired) electrons. The summed E-state index contributed by atoms with van der Waals surface area (Å²) < 4.78 is 17.1. The molecule has 1 aliphatic carbocycles. The van der Waals surface area contributed by atoms with Crippen molar-refractivity contribution in [3.05, 3.63) is 23.4 Å². The number of carbonyl (C=O) groups excluding carboxylic acids is 2. The van der Waals surface area contributed by atoms with E-state index in [4.69, 9.17) is 19.2 Å². The van der Waals surface area contributed by atoms with Crippen LogP contribution in [0.1, 0.15) is 60.5 Å². The molecule has 5 aliphatic rings. The number of nitrogens with one attached hydrogen (secondary N) is 3. The van der Waals surface area contributed by atoms with E-state index in [-0.39, 0.29) is 18.0 Å². The van der Waals surface area contributed by atoms with E-state index in [2.05, 4.69) is 16.4 Å². The number of hydrogen-bond acceptors (Lipinski definition) is 9. The second-order valence-electron chi connectivity index (χ2n) is 11.5. The van der Waals surface area contributed by atoms with E-state index in [0.717, 1.165) is 57.4 Å². The quantitative estimate of drug-likeness (QED) is 0.486. The fraction of sp³-hybridized carbons (Fsp3) is 0.741. The number of rotatable bonds is 7. The molecule has 3 atom stereocenters. The van der Waals surface area contributed by atoms with E-state index >= 15 is 0 Å². The molecule has 5 heterocycles. The molecular formula is C27H40N6O5. The molecule has 1 aromatic heterocycles. The summed E-state index contributed by atoms with van der Waals surface area (Å²) in [6, 6.07) is 3.89. The normalized spacial score (nSPS) is 28.2. The first-order valence-corrected chi connectivity index (χ1v) is 14.3. The highest BCUT2D eigenvalue weighted by Gasteiger charge is 2.39. The van der Waals surface area contributed by atoms with Crippen LogP contribution in [0.2, 0.25) is 0 Å². The van der Waals surface area contributed by atoms with Crippen molar-refractivity contribution in [1.82, 2.24) is 31.2 Å². The lowest BCUT2D eigenvalue weighted by Crippen LogP contribution is -2.38. The van der Waals surface area contributed by atoms with E-state index in [1.807, 2.05) is 21.9 Å². The lowest BCUT2D eigenvalue weighted by atomic mass is 9.92. The van der Waals surface area contributed by atoms with Crippen LogP contribution in [0.4, 0.5) is 4.79 Å². The SMILES string of the molecule is O=C(OCC1CNNN1)N1C[C@H]2CCN(C(=O)c3cc(OCC4CCOCC4)nc(C4CC4)c3)CC[C@H]2C1. The second-order valence-corrected chi connectivity index (χ2v) is 11.5. The highest BCUT2D eigenvalue weighted by Crippen LogP contribution is 2.40. The highest BCUT2D eigenvalue weighted by molar-refractivity contribution is 5.94. The van der Waals surface area contributed by atoms with Gasteiger partial charge in [0.25, 0.3) is 5.91 Å². The topological polar surface area (TPSA) is 117 Å². The van der Waals surface area contributed by atoms with Crippen LogP contribution in [-0.2, 0) is 9.47 Å². The zero-order valence-corrected chi connectivity index (χ0v) is 22.0. The zero-order chi connectivity index (χ0) is 25.9. The predicted molar refractivity (Wildman–Crippen MR) is 138 cm³/mol. The molecule has 0 spiro atoms. The fourth-order valence-corrected chi connectivity index (χ4v) is 6.05. The third-order valence-corrected chi connectivity index (χ3v) is 8.65. The summed E-state index contributed by atoms with van der Waals surface area (Å²) in [4.78, 5) is 34.8. The maximum atomic E-state index is 13.6. The summed E-state index contributed by atoms with van der Waals surface area (Å²) in [5.74, 6) is 2.35. The number of likely N-dealkylation sites (tertiary alicyclic amines) is 2. The molecule has 3 N–H and O–H groups in total. The first-order chi connectivity index (χ1) is 18.6. The van der Waals surface area contributed by atoms with Gasteiger partial charge in [-0.2, -0.15) is 5.53 Å². The predicted octanol–water partition coefficient (Wildman–Crippen LogP) is 1.67. The van der Waals surface area contributed by atoms with Crippen LogP contribution in [0.3, 0.4) is 0 Å². The lowest BCUT2D eigenvalue weighted by Gasteiger charge is -2.24. The van der Waals surface area contributed by atoms with Gasteiger partial charge in [-0.15, -0.1) is 0 Å². The van der Waals surface area contributed by atoms with Crippen LogP contribution in [0.5, 0.6) is 5.88 Å². The molecule has 208 valence electrons. The molecule has 1 saturated carbocycles. The van der Waals surface area contributed by atoms with Crippen molar-refractivity contribution in [1.29, 1.82) is 0 Å². The average molecular weight is 529 g/mol. The van der Waals surface area contributed by atoms with Gasteiger partial charge in [0.05, 0.1) is 12.6 Å². The molecule has 5 fully saturated rings. The van der Waals surface area contributed by atoms with Gasteiger partial charge in [0.2, 0.25) is 5.88 Å². The van der Waals surface area contributed by atoms with Gasteiger partial charge in [-0.1, -0.05) is 0 Å². The number of nitrogens with zero attached hydrogens (tertiary/aromatic N) is 3. The second kappa shape index (κ2) is 11.7. The van der Waals surface area contributed by atoms with E-state index < -0.39 is 0 Å². The number of ether oxygens (including phenoxy) is 3. The number of carbonyl (C=O) groups is 2. The van der Waals surface area contributed by atoms with Gasteiger partial charge in [0.1, 0.15) is 6.61 Å². The Morgan fingerprint density at radius 3 is 2.42 bits per heavy atom. The minimum absolute atomic E-state index is 0.0627. The molecule has 4 aliphatic heterocycles. The number of aromatic nitrogens is 1. The first-order valence-electron chi connectivity index (χ1n) is 14.3.